The summed E-state index contributed by atoms with van der Waals surface area (Å²) in [4.78, 5) is 12.4. The van der Waals surface area contributed by atoms with Crippen LogP contribution in [-0.4, -0.2) is 41.1 Å². The topological polar surface area (TPSA) is 102 Å². The highest BCUT2D eigenvalue weighted by Crippen LogP contribution is 2.33. The first-order valence-corrected chi connectivity index (χ1v) is 6.42. The van der Waals surface area contributed by atoms with Crippen LogP contribution in [0.15, 0.2) is 18.2 Å². The van der Waals surface area contributed by atoms with Crippen LogP contribution in [0.25, 0.3) is 0 Å². The largest absolute Gasteiger partial charge is 0.508 e. The normalized spacial score (nSPS) is 15.8. The predicted octanol–water partition coefficient (Wildman–Crippen LogP) is 2.00. The van der Waals surface area contributed by atoms with Gasteiger partial charge in [0, 0.05) is 43.9 Å². The van der Waals surface area contributed by atoms with Crippen LogP contribution < -0.4 is 5.32 Å². The van der Waals surface area contributed by atoms with Gasteiger partial charge in [-0.15, -0.1) is 24.8 Å². The molecule has 7 nitrogen and oxygen atoms in total. The van der Waals surface area contributed by atoms with E-state index < -0.39 is 4.92 Å². The lowest BCUT2D eigenvalue weighted by Gasteiger charge is -2.34. The van der Waals surface area contributed by atoms with Crippen LogP contribution in [0.5, 0.6) is 5.75 Å². The number of non-ortho nitro benzene ring substituents is 1. The lowest BCUT2D eigenvalue weighted by Crippen LogP contribution is -2.45. The average Bonchev–Trinajstić information content (AvgIpc) is 2.46. The molecule has 0 unspecified atom stereocenters. The molecule has 1 aliphatic rings. The van der Waals surface area contributed by atoms with Gasteiger partial charge in [0.2, 0.25) is 0 Å². The Morgan fingerprint density at radius 2 is 2.05 bits per heavy atom. The number of nitro benzene ring substituents is 1. The van der Waals surface area contributed by atoms with E-state index in [9.17, 15) is 15.2 Å². The third-order valence-electron chi connectivity index (χ3n) is 3.46. The van der Waals surface area contributed by atoms with Crippen LogP contribution in [0.1, 0.15) is 18.0 Å². The van der Waals surface area contributed by atoms with E-state index in [-0.39, 0.29) is 48.7 Å². The molecular formula is C13H18Cl2N4O3. The summed E-state index contributed by atoms with van der Waals surface area (Å²) >= 11 is 0. The number of nitrogens with zero attached hydrogens (tertiary/aromatic N) is 3. The van der Waals surface area contributed by atoms with Crippen molar-refractivity contribution in [1.82, 2.24) is 10.2 Å². The summed E-state index contributed by atoms with van der Waals surface area (Å²) in [5.74, 6) is -0.00520. The first-order chi connectivity index (χ1) is 9.63. The zero-order chi connectivity index (χ0) is 14.5. The van der Waals surface area contributed by atoms with Crippen molar-refractivity contribution in [3.63, 3.8) is 0 Å². The fourth-order valence-corrected chi connectivity index (χ4v) is 2.44. The molecule has 122 valence electrons. The number of hydrogen-bond donors (Lipinski definition) is 2. The molecule has 1 atom stereocenters. The van der Waals surface area contributed by atoms with Gasteiger partial charge in [-0.1, -0.05) is 0 Å². The maximum absolute atomic E-state index is 10.9. The number of phenolic OH excluding ortho intramolecular Hbond substituents is 1. The Morgan fingerprint density at radius 1 is 1.41 bits per heavy atom. The van der Waals surface area contributed by atoms with Gasteiger partial charge in [-0.2, -0.15) is 5.26 Å². The number of nitrogens with one attached hydrogen (secondary N) is 1. The molecule has 0 saturated carbocycles. The Bertz CT molecular complexity index is 545. The van der Waals surface area contributed by atoms with Crippen LogP contribution in [0.2, 0.25) is 0 Å². The van der Waals surface area contributed by atoms with Crippen molar-refractivity contribution in [1.29, 1.82) is 5.26 Å². The number of rotatable bonds is 4. The van der Waals surface area contributed by atoms with Crippen LogP contribution in [0.3, 0.4) is 0 Å². The number of halogens is 2. The van der Waals surface area contributed by atoms with E-state index >= 15 is 0 Å². The highest BCUT2D eigenvalue weighted by molar-refractivity contribution is 5.85. The van der Waals surface area contributed by atoms with E-state index in [1.807, 2.05) is 0 Å². The van der Waals surface area contributed by atoms with Gasteiger partial charge in [0.05, 0.1) is 23.5 Å². The van der Waals surface area contributed by atoms with Crippen molar-refractivity contribution >= 4 is 30.5 Å². The SMILES string of the molecule is Cl.Cl.N#CC[C@@H](c1cc([N+](=O)[O-])ccc1O)N1CCNCC1. The molecule has 2 rings (SSSR count). The lowest BCUT2D eigenvalue weighted by molar-refractivity contribution is -0.385. The minimum absolute atomic E-state index is 0. The summed E-state index contributed by atoms with van der Waals surface area (Å²) in [6.07, 6.45) is 0.189. The van der Waals surface area contributed by atoms with Crippen molar-refractivity contribution in [3.8, 4) is 11.8 Å². The third-order valence-corrected chi connectivity index (χ3v) is 3.46. The van der Waals surface area contributed by atoms with Gasteiger partial charge in [-0.3, -0.25) is 15.0 Å². The predicted molar refractivity (Wildman–Crippen MR) is 86.7 cm³/mol. The van der Waals surface area contributed by atoms with Gasteiger partial charge >= 0.3 is 0 Å². The number of benzene rings is 1. The molecule has 1 fully saturated rings. The van der Waals surface area contributed by atoms with E-state index in [4.69, 9.17) is 5.26 Å². The average molecular weight is 349 g/mol. The minimum atomic E-state index is -0.496. The van der Waals surface area contributed by atoms with Crippen LogP contribution >= 0.6 is 24.8 Å². The molecule has 2 N–H and O–H groups in total. The second-order valence-electron chi connectivity index (χ2n) is 4.66. The maximum Gasteiger partial charge on any atom is 0.270 e. The smallest absolute Gasteiger partial charge is 0.270 e. The quantitative estimate of drug-likeness (QED) is 0.637. The Kier molecular flexibility index (Phi) is 8.75. The van der Waals surface area contributed by atoms with E-state index in [0.717, 1.165) is 26.2 Å². The molecule has 0 radical (unpaired) electrons. The molecule has 0 aromatic heterocycles. The minimum Gasteiger partial charge on any atom is -0.508 e. The number of hydrogen-bond acceptors (Lipinski definition) is 6. The molecule has 0 aliphatic carbocycles. The summed E-state index contributed by atoms with van der Waals surface area (Å²) in [6.45, 7) is 3.10. The highest BCUT2D eigenvalue weighted by atomic mass is 35.5. The van der Waals surface area contributed by atoms with E-state index in [1.165, 1.54) is 18.2 Å². The van der Waals surface area contributed by atoms with Gasteiger partial charge < -0.3 is 10.4 Å². The number of piperazine rings is 1. The molecule has 1 aromatic rings. The fourth-order valence-electron chi connectivity index (χ4n) is 2.44. The van der Waals surface area contributed by atoms with E-state index in [2.05, 4.69) is 16.3 Å². The highest BCUT2D eigenvalue weighted by Gasteiger charge is 2.26. The van der Waals surface area contributed by atoms with Crippen LogP contribution in [-0.2, 0) is 0 Å². The number of phenols is 1. The zero-order valence-corrected chi connectivity index (χ0v) is 13.4. The second kappa shape index (κ2) is 9.43. The molecule has 0 amide bonds. The van der Waals surface area contributed by atoms with Gasteiger partial charge in [-0.25, -0.2) is 0 Å². The second-order valence-corrected chi connectivity index (χ2v) is 4.66. The number of nitriles is 1. The Morgan fingerprint density at radius 3 is 2.59 bits per heavy atom. The fraction of sp³-hybridized carbons (Fsp3) is 0.462. The summed E-state index contributed by atoms with van der Waals surface area (Å²) in [6, 6.07) is 5.72. The Hall–Kier alpha value is -1.59. The monoisotopic (exact) mass is 348 g/mol. The molecule has 9 heteroatoms. The van der Waals surface area contributed by atoms with Crippen LogP contribution in [0.4, 0.5) is 5.69 Å². The van der Waals surface area contributed by atoms with Crippen molar-refractivity contribution < 1.29 is 10.0 Å². The van der Waals surface area contributed by atoms with Crippen LogP contribution in [0, 0.1) is 21.4 Å². The molecule has 0 bridgehead atoms. The van der Waals surface area contributed by atoms with E-state index in [1.54, 1.807) is 0 Å². The third kappa shape index (κ3) is 4.71. The number of aromatic hydroxyl groups is 1. The maximum atomic E-state index is 10.9. The summed E-state index contributed by atoms with van der Waals surface area (Å²) in [7, 11) is 0. The van der Waals surface area contributed by atoms with Gasteiger partial charge in [0.1, 0.15) is 5.75 Å². The van der Waals surface area contributed by atoms with Crippen molar-refractivity contribution in [2.45, 2.75) is 12.5 Å². The van der Waals surface area contributed by atoms with Crippen molar-refractivity contribution in [3.05, 3.63) is 33.9 Å². The Labute approximate surface area is 140 Å². The Balaban J connectivity index is 0.00000220. The van der Waals surface area contributed by atoms with Gasteiger partial charge in [0.25, 0.3) is 5.69 Å². The number of nitro groups is 1. The van der Waals surface area contributed by atoms with Gasteiger partial charge in [-0.05, 0) is 6.07 Å². The standard InChI is InChI=1S/C13H16N4O3.2ClH/c14-4-3-12(16-7-5-15-6-8-16)11-9-10(17(19)20)1-2-13(11)18;;/h1-2,9,12,15,18H,3,5-8H2;2*1H/t12-;;/m0../s1. The zero-order valence-electron chi connectivity index (χ0n) is 11.8. The van der Waals surface area contributed by atoms with Crippen molar-refractivity contribution in [2.75, 3.05) is 26.2 Å². The van der Waals surface area contributed by atoms with E-state index in [0.29, 0.717) is 5.56 Å². The molecule has 0 spiro atoms. The molecule has 1 saturated heterocycles. The summed E-state index contributed by atoms with van der Waals surface area (Å²) < 4.78 is 0. The van der Waals surface area contributed by atoms with Crippen molar-refractivity contribution in [2.24, 2.45) is 0 Å². The first kappa shape index (κ1) is 20.4. The van der Waals surface area contributed by atoms with Gasteiger partial charge in [0.15, 0.2) is 0 Å². The molecule has 1 aliphatic heterocycles. The molecule has 1 heterocycles. The first-order valence-electron chi connectivity index (χ1n) is 6.42. The summed E-state index contributed by atoms with van der Waals surface area (Å²) in [5.41, 5.74) is 0.374. The lowest BCUT2D eigenvalue weighted by atomic mass is 10.00. The summed E-state index contributed by atoms with van der Waals surface area (Å²) in [5, 5.41) is 33.0. The molecule has 1 aromatic carbocycles. The molecular weight excluding hydrogens is 331 g/mol. The molecule has 22 heavy (non-hydrogen) atoms.